The molecule has 1 aromatic rings. The number of aromatic nitrogens is 2. The number of carbonyl (C=O) groups is 2. The Hall–Kier alpha value is -1.50. The lowest BCUT2D eigenvalue weighted by molar-refractivity contribution is -0.151. The Morgan fingerprint density at radius 3 is 3.00 bits per heavy atom. The van der Waals surface area contributed by atoms with Gasteiger partial charge in [-0.25, -0.2) is 4.98 Å². The van der Waals surface area contributed by atoms with Crippen molar-refractivity contribution in [2.45, 2.75) is 24.9 Å². The molecule has 1 saturated heterocycles. The number of rotatable bonds is 5. The molecule has 0 bridgehead atoms. The zero-order valence-corrected chi connectivity index (χ0v) is 13.3. The van der Waals surface area contributed by atoms with Gasteiger partial charge < -0.3 is 14.2 Å². The molecule has 0 radical (unpaired) electrons. The van der Waals surface area contributed by atoms with Crippen LogP contribution in [0.2, 0.25) is 0 Å². The van der Waals surface area contributed by atoms with Crippen LogP contribution < -0.4 is 0 Å². The molecule has 7 heteroatoms. The van der Waals surface area contributed by atoms with Crippen molar-refractivity contribution in [2.75, 3.05) is 25.4 Å². The highest BCUT2D eigenvalue weighted by Crippen LogP contribution is 2.20. The second kappa shape index (κ2) is 7.49. The molecule has 0 unspecified atom stereocenters. The number of carbonyl (C=O) groups excluding carboxylic acids is 2. The monoisotopic (exact) mass is 311 g/mol. The fraction of sp³-hybridized carbons (Fsp3) is 0.643. The van der Waals surface area contributed by atoms with E-state index in [1.807, 2.05) is 17.8 Å². The predicted octanol–water partition coefficient (Wildman–Crippen LogP) is 1.31. The van der Waals surface area contributed by atoms with Gasteiger partial charge in [-0.1, -0.05) is 11.8 Å². The molecule has 0 spiro atoms. The van der Waals surface area contributed by atoms with Crippen molar-refractivity contribution in [1.29, 1.82) is 0 Å². The number of nitrogens with zero attached hydrogens (tertiary/aromatic N) is 3. The summed E-state index contributed by atoms with van der Waals surface area (Å²) in [6.07, 6.45) is 5.21. The number of piperidine rings is 1. The van der Waals surface area contributed by atoms with Gasteiger partial charge in [0.1, 0.15) is 0 Å². The van der Waals surface area contributed by atoms with Gasteiger partial charge in [0.25, 0.3) is 0 Å². The second-order valence-corrected chi connectivity index (χ2v) is 5.98. The van der Waals surface area contributed by atoms with Crippen molar-refractivity contribution in [3.05, 3.63) is 12.4 Å². The molecule has 116 valence electrons. The van der Waals surface area contributed by atoms with E-state index in [4.69, 9.17) is 4.74 Å². The molecule has 0 aliphatic carbocycles. The van der Waals surface area contributed by atoms with Gasteiger partial charge in [0, 0.05) is 32.5 Å². The van der Waals surface area contributed by atoms with Gasteiger partial charge in [-0.05, 0) is 19.8 Å². The lowest BCUT2D eigenvalue weighted by Gasteiger charge is -2.31. The smallest absolute Gasteiger partial charge is 0.310 e. The standard InChI is InChI=1S/C14H21N3O3S/c1-3-20-13(19)11-5-4-7-17(9-11)12(18)10-21-14-15-6-8-16(14)2/h6,8,11H,3-5,7,9-10H2,1-2H3/t11-/m1/s1. The average molecular weight is 311 g/mol. The number of imidazole rings is 1. The Bertz CT molecular complexity index is 503. The van der Waals surface area contributed by atoms with Crippen LogP contribution in [0.1, 0.15) is 19.8 Å². The van der Waals surface area contributed by atoms with Crippen LogP contribution in [0, 0.1) is 5.92 Å². The van der Waals surface area contributed by atoms with Gasteiger partial charge in [-0.2, -0.15) is 0 Å². The van der Waals surface area contributed by atoms with Crippen molar-refractivity contribution >= 4 is 23.6 Å². The molecule has 1 amide bonds. The summed E-state index contributed by atoms with van der Waals surface area (Å²) < 4.78 is 6.93. The van der Waals surface area contributed by atoms with Crippen molar-refractivity contribution in [2.24, 2.45) is 13.0 Å². The fourth-order valence-electron chi connectivity index (χ4n) is 2.36. The lowest BCUT2D eigenvalue weighted by Crippen LogP contribution is -2.43. The quantitative estimate of drug-likeness (QED) is 0.606. The van der Waals surface area contributed by atoms with Gasteiger partial charge in [0.05, 0.1) is 18.3 Å². The topological polar surface area (TPSA) is 64.4 Å². The number of hydrogen-bond acceptors (Lipinski definition) is 5. The molecule has 0 N–H and O–H groups in total. The SMILES string of the molecule is CCOC(=O)[C@@H]1CCCN(C(=O)CSc2nccn2C)C1. The van der Waals surface area contributed by atoms with Crippen LogP contribution in [0.5, 0.6) is 0 Å². The third-order valence-corrected chi connectivity index (χ3v) is 4.54. The summed E-state index contributed by atoms with van der Waals surface area (Å²) in [7, 11) is 1.90. The Morgan fingerprint density at radius 1 is 1.52 bits per heavy atom. The molecule has 0 aromatic carbocycles. The number of thioether (sulfide) groups is 1. The maximum atomic E-state index is 12.2. The Kier molecular flexibility index (Phi) is 5.67. The molecule has 21 heavy (non-hydrogen) atoms. The summed E-state index contributed by atoms with van der Waals surface area (Å²) in [4.78, 5) is 30.0. The first kappa shape index (κ1) is 15.9. The minimum absolute atomic E-state index is 0.0528. The molecule has 6 nitrogen and oxygen atoms in total. The van der Waals surface area contributed by atoms with E-state index < -0.39 is 0 Å². The second-order valence-electron chi connectivity index (χ2n) is 5.04. The largest absolute Gasteiger partial charge is 0.466 e. The lowest BCUT2D eigenvalue weighted by atomic mass is 9.98. The van der Waals surface area contributed by atoms with Crippen molar-refractivity contribution in [3.63, 3.8) is 0 Å². The summed E-state index contributed by atoms with van der Waals surface area (Å²) in [6, 6.07) is 0. The molecule has 2 heterocycles. The highest BCUT2D eigenvalue weighted by molar-refractivity contribution is 7.99. The third-order valence-electron chi connectivity index (χ3n) is 3.50. The van der Waals surface area contributed by atoms with Crippen LogP contribution in [0.3, 0.4) is 0 Å². The van der Waals surface area contributed by atoms with E-state index in [2.05, 4.69) is 4.98 Å². The molecule has 1 aliphatic rings. The summed E-state index contributed by atoms with van der Waals surface area (Å²) in [5.41, 5.74) is 0. The molecular formula is C14H21N3O3S. The average Bonchev–Trinajstić information content (AvgIpc) is 2.90. The van der Waals surface area contributed by atoms with E-state index in [-0.39, 0.29) is 17.8 Å². The zero-order valence-electron chi connectivity index (χ0n) is 12.4. The maximum Gasteiger partial charge on any atom is 0.310 e. The first-order valence-corrected chi connectivity index (χ1v) is 8.15. The van der Waals surface area contributed by atoms with Gasteiger partial charge in [-0.15, -0.1) is 0 Å². The Morgan fingerprint density at radius 2 is 2.33 bits per heavy atom. The highest BCUT2D eigenvalue weighted by Gasteiger charge is 2.29. The van der Waals surface area contributed by atoms with Crippen LogP contribution >= 0.6 is 11.8 Å². The van der Waals surface area contributed by atoms with E-state index >= 15 is 0 Å². The number of amides is 1. The molecule has 1 aliphatic heterocycles. The van der Waals surface area contributed by atoms with E-state index in [9.17, 15) is 9.59 Å². The Balaban J connectivity index is 1.84. The van der Waals surface area contributed by atoms with E-state index in [0.29, 0.717) is 18.9 Å². The summed E-state index contributed by atoms with van der Waals surface area (Å²) in [5.74, 6) is 0.0324. The van der Waals surface area contributed by atoms with Crippen LogP contribution in [0.25, 0.3) is 0 Å². The fourth-order valence-corrected chi connectivity index (χ4v) is 3.20. The highest BCUT2D eigenvalue weighted by atomic mass is 32.2. The van der Waals surface area contributed by atoms with Crippen LogP contribution in [0.15, 0.2) is 17.6 Å². The van der Waals surface area contributed by atoms with Gasteiger partial charge in [0.15, 0.2) is 5.16 Å². The number of hydrogen-bond donors (Lipinski definition) is 0. The van der Waals surface area contributed by atoms with Crippen molar-refractivity contribution in [3.8, 4) is 0 Å². The van der Waals surface area contributed by atoms with E-state index in [0.717, 1.165) is 24.5 Å². The Labute approximate surface area is 128 Å². The van der Waals surface area contributed by atoms with E-state index in [1.165, 1.54) is 11.8 Å². The molecule has 1 atom stereocenters. The van der Waals surface area contributed by atoms with Crippen molar-refractivity contribution < 1.29 is 14.3 Å². The molecule has 1 fully saturated rings. The number of aryl methyl sites for hydroxylation is 1. The van der Waals surface area contributed by atoms with Crippen LogP contribution in [-0.2, 0) is 21.4 Å². The van der Waals surface area contributed by atoms with Gasteiger partial charge >= 0.3 is 5.97 Å². The minimum atomic E-state index is -0.188. The minimum Gasteiger partial charge on any atom is -0.466 e. The normalized spacial score (nSPS) is 18.6. The zero-order chi connectivity index (χ0) is 15.2. The maximum absolute atomic E-state index is 12.2. The van der Waals surface area contributed by atoms with E-state index in [1.54, 1.807) is 18.0 Å². The number of likely N-dealkylation sites (tertiary alicyclic amines) is 1. The predicted molar refractivity (Wildman–Crippen MR) is 79.9 cm³/mol. The van der Waals surface area contributed by atoms with Gasteiger partial charge in [-0.3, -0.25) is 9.59 Å². The summed E-state index contributed by atoms with van der Waals surface area (Å²) in [6.45, 7) is 3.38. The molecular weight excluding hydrogens is 290 g/mol. The van der Waals surface area contributed by atoms with Crippen LogP contribution in [-0.4, -0.2) is 51.8 Å². The first-order chi connectivity index (χ1) is 10.1. The third kappa shape index (κ3) is 4.23. The molecule has 1 aromatic heterocycles. The first-order valence-electron chi connectivity index (χ1n) is 7.16. The van der Waals surface area contributed by atoms with Gasteiger partial charge in [0.2, 0.25) is 5.91 Å². The van der Waals surface area contributed by atoms with Crippen LogP contribution in [0.4, 0.5) is 0 Å². The summed E-state index contributed by atoms with van der Waals surface area (Å²) in [5, 5.41) is 0.822. The van der Waals surface area contributed by atoms with Crippen molar-refractivity contribution in [1.82, 2.24) is 14.5 Å². The number of ether oxygens (including phenoxy) is 1. The number of esters is 1. The molecule has 2 rings (SSSR count). The summed E-state index contributed by atoms with van der Waals surface area (Å²) >= 11 is 1.42. The molecule has 0 saturated carbocycles.